The molecule has 1 heterocycles. The van der Waals surface area contributed by atoms with Crippen LogP contribution in [0.2, 0.25) is 0 Å². The van der Waals surface area contributed by atoms with Gasteiger partial charge in [0.2, 0.25) is 0 Å². The number of benzene rings is 1. The first kappa shape index (κ1) is 16.8. The molecule has 23 heavy (non-hydrogen) atoms. The Hall–Kier alpha value is -2.57. The lowest BCUT2D eigenvalue weighted by Crippen LogP contribution is -2.40. The summed E-state index contributed by atoms with van der Waals surface area (Å²) in [7, 11) is 0. The van der Waals surface area contributed by atoms with Gasteiger partial charge >= 0.3 is 12.0 Å². The van der Waals surface area contributed by atoms with Crippen molar-refractivity contribution in [3.8, 4) is 0 Å². The average molecular weight is 319 g/mol. The van der Waals surface area contributed by atoms with Crippen molar-refractivity contribution < 1.29 is 19.5 Å². The zero-order valence-electron chi connectivity index (χ0n) is 13.2. The van der Waals surface area contributed by atoms with Crippen molar-refractivity contribution >= 4 is 23.6 Å². The molecule has 0 radical (unpaired) electrons. The summed E-state index contributed by atoms with van der Waals surface area (Å²) in [5, 5.41) is 14.5. The van der Waals surface area contributed by atoms with E-state index >= 15 is 0 Å². The van der Waals surface area contributed by atoms with E-state index in [1.807, 2.05) is 13.8 Å². The molecule has 3 amide bonds. The first-order valence-corrected chi connectivity index (χ1v) is 7.60. The fraction of sp³-hybridized carbons (Fsp3) is 0.438. The molecule has 1 atom stereocenters. The maximum Gasteiger partial charge on any atom is 0.326 e. The van der Waals surface area contributed by atoms with E-state index in [1.54, 1.807) is 24.3 Å². The summed E-state index contributed by atoms with van der Waals surface area (Å²) < 4.78 is 0. The van der Waals surface area contributed by atoms with Crippen molar-refractivity contribution in [1.82, 2.24) is 10.2 Å². The molecule has 1 aromatic rings. The van der Waals surface area contributed by atoms with Gasteiger partial charge in [0.25, 0.3) is 5.91 Å². The highest BCUT2D eigenvalue weighted by molar-refractivity contribution is 5.98. The van der Waals surface area contributed by atoms with Crippen molar-refractivity contribution in [3.05, 3.63) is 29.8 Å². The Kier molecular flexibility index (Phi) is 5.20. The lowest BCUT2D eigenvalue weighted by atomic mass is 10.1. The van der Waals surface area contributed by atoms with Crippen molar-refractivity contribution in [3.63, 3.8) is 0 Å². The molecule has 1 aromatic carbocycles. The molecule has 1 fully saturated rings. The van der Waals surface area contributed by atoms with Crippen LogP contribution in [0.4, 0.5) is 10.5 Å². The summed E-state index contributed by atoms with van der Waals surface area (Å²) in [6, 6.07) is 5.38. The molecule has 0 aromatic heterocycles. The van der Waals surface area contributed by atoms with E-state index in [2.05, 4.69) is 10.6 Å². The molecule has 7 nitrogen and oxygen atoms in total. The second-order valence-corrected chi connectivity index (χ2v) is 5.83. The molecule has 3 N–H and O–H groups in total. The van der Waals surface area contributed by atoms with Crippen LogP contribution in [-0.2, 0) is 4.79 Å². The van der Waals surface area contributed by atoms with E-state index in [0.29, 0.717) is 30.6 Å². The Bertz CT molecular complexity index is 615. The fourth-order valence-electron chi connectivity index (χ4n) is 2.59. The second-order valence-electron chi connectivity index (χ2n) is 5.83. The summed E-state index contributed by atoms with van der Waals surface area (Å²) in [5.41, 5.74) is 0.848. The molecule has 1 unspecified atom stereocenters. The Morgan fingerprint density at radius 1 is 1.30 bits per heavy atom. The van der Waals surface area contributed by atoms with Crippen LogP contribution in [-0.4, -0.2) is 46.5 Å². The minimum Gasteiger partial charge on any atom is -0.480 e. The second kappa shape index (κ2) is 7.13. The van der Waals surface area contributed by atoms with Crippen LogP contribution in [0, 0.1) is 0 Å². The van der Waals surface area contributed by atoms with Gasteiger partial charge in [-0.3, -0.25) is 4.79 Å². The molecular formula is C16H21N3O4. The van der Waals surface area contributed by atoms with Crippen molar-refractivity contribution in [1.29, 1.82) is 0 Å². The van der Waals surface area contributed by atoms with E-state index in [0.717, 1.165) is 0 Å². The summed E-state index contributed by atoms with van der Waals surface area (Å²) in [6.45, 7) is 4.12. The van der Waals surface area contributed by atoms with Gasteiger partial charge in [-0.15, -0.1) is 0 Å². The van der Waals surface area contributed by atoms with Crippen LogP contribution in [0.25, 0.3) is 0 Å². The molecule has 0 spiro atoms. The number of carbonyl (C=O) groups is 3. The van der Waals surface area contributed by atoms with E-state index < -0.39 is 12.0 Å². The average Bonchev–Trinajstić information content (AvgIpc) is 2.95. The standard InChI is InChI=1S/C16H21N3O4/c1-10(2)17-16(23)18-12-6-3-5-11(9-12)14(20)19-8-4-7-13(19)15(21)22/h3,5-6,9-10,13H,4,7-8H2,1-2H3,(H,21,22)(H2,17,18,23). The minimum atomic E-state index is -0.985. The number of carbonyl (C=O) groups excluding carboxylic acids is 2. The summed E-state index contributed by atoms with van der Waals surface area (Å²) >= 11 is 0. The first-order valence-electron chi connectivity index (χ1n) is 7.60. The molecule has 124 valence electrons. The van der Waals surface area contributed by atoms with Crippen molar-refractivity contribution in [2.75, 3.05) is 11.9 Å². The largest absolute Gasteiger partial charge is 0.480 e. The van der Waals surface area contributed by atoms with Gasteiger partial charge in [0.1, 0.15) is 6.04 Å². The number of hydrogen-bond acceptors (Lipinski definition) is 3. The third-order valence-electron chi connectivity index (χ3n) is 3.59. The summed E-state index contributed by atoms with van der Waals surface area (Å²) in [6.07, 6.45) is 1.15. The summed E-state index contributed by atoms with van der Waals surface area (Å²) in [5.74, 6) is -1.32. The van der Waals surface area contributed by atoms with Gasteiger partial charge in [-0.05, 0) is 44.9 Å². The molecule has 1 aliphatic rings. The molecule has 0 aliphatic carbocycles. The van der Waals surface area contributed by atoms with E-state index in [-0.39, 0.29) is 18.0 Å². The van der Waals surface area contributed by atoms with Crippen molar-refractivity contribution in [2.45, 2.75) is 38.8 Å². The van der Waals surface area contributed by atoms with Gasteiger partial charge in [-0.2, -0.15) is 0 Å². The Morgan fingerprint density at radius 3 is 2.70 bits per heavy atom. The first-order chi connectivity index (χ1) is 10.9. The zero-order valence-corrected chi connectivity index (χ0v) is 13.2. The van der Waals surface area contributed by atoms with Crippen LogP contribution in [0.15, 0.2) is 24.3 Å². The van der Waals surface area contributed by atoms with Gasteiger partial charge in [0.05, 0.1) is 0 Å². The predicted molar refractivity (Wildman–Crippen MR) is 85.4 cm³/mol. The molecule has 2 rings (SSSR count). The van der Waals surface area contributed by atoms with E-state index in [9.17, 15) is 19.5 Å². The number of aliphatic carboxylic acids is 1. The number of amides is 3. The highest BCUT2D eigenvalue weighted by Gasteiger charge is 2.34. The number of carboxylic acids is 1. The van der Waals surface area contributed by atoms with E-state index in [4.69, 9.17) is 0 Å². The highest BCUT2D eigenvalue weighted by atomic mass is 16.4. The number of likely N-dealkylation sites (tertiary alicyclic amines) is 1. The Morgan fingerprint density at radius 2 is 2.04 bits per heavy atom. The number of anilines is 1. The number of rotatable bonds is 4. The van der Waals surface area contributed by atoms with Gasteiger partial charge in [-0.1, -0.05) is 6.07 Å². The monoisotopic (exact) mass is 319 g/mol. The van der Waals surface area contributed by atoms with Crippen LogP contribution < -0.4 is 10.6 Å². The van der Waals surface area contributed by atoms with E-state index in [1.165, 1.54) is 4.90 Å². The Labute approximate surface area is 134 Å². The van der Waals surface area contributed by atoms with Gasteiger partial charge in [0.15, 0.2) is 0 Å². The smallest absolute Gasteiger partial charge is 0.326 e. The normalized spacial score (nSPS) is 17.2. The molecule has 1 aliphatic heterocycles. The molecule has 1 saturated heterocycles. The molecular weight excluding hydrogens is 298 g/mol. The SMILES string of the molecule is CC(C)NC(=O)Nc1cccc(C(=O)N2CCCC2C(=O)O)c1. The van der Waals surface area contributed by atoms with Gasteiger partial charge in [0, 0.05) is 23.8 Å². The van der Waals surface area contributed by atoms with Crippen LogP contribution in [0.1, 0.15) is 37.0 Å². The molecule has 7 heteroatoms. The third-order valence-corrected chi connectivity index (χ3v) is 3.59. The van der Waals surface area contributed by atoms with Crippen LogP contribution in [0.5, 0.6) is 0 Å². The zero-order chi connectivity index (χ0) is 17.0. The number of carboxylic acid groups (broad SMARTS) is 1. The van der Waals surface area contributed by atoms with Crippen LogP contribution >= 0.6 is 0 Å². The third kappa shape index (κ3) is 4.21. The van der Waals surface area contributed by atoms with Gasteiger partial charge < -0.3 is 20.6 Å². The fourth-order valence-corrected chi connectivity index (χ4v) is 2.59. The van der Waals surface area contributed by atoms with Crippen LogP contribution in [0.3, 0.4) is 0 Å². The Balaban J connectivity index is 2.11. The minimum absolute atomic E-state index is 0.000685. The number of nitrogens with one attached hydrogen (secondary N) is 2. The predicted octanol–water partition coefficient (Wildman–Crippen LogP) is 1.91. The topological polar surface area (TPSA) is 98.7 Å². The summed E-state index contributed by atoms with van der Waals surface area (Å²) in [4.78, 5) is 36.8. The maximum atomic E-state index is 12.5. The lowest BCUT2D eigenvalue weighted by Gasteiger charge is -2.21. The van der Waals surface area contributed by atoms with Gasteiger partial charge in [-0.25, -0.2) is 9.59 Å². The molecule has 0 bridgehead atoms. The highest BCUT2D eigenvalue weighted by Crippen LogP contribution is 2.21. The maximum absolute atomic E-state index is 12.5. The molecule has 0 saturated carbocycles. The van der Waals surface area contributed by atoms with Crippen molar-refractivity contribution in [2.24, 2.45) is 0 Å². The number of urea groups is 1. The number of hydrogen-bond donors (Lipinski definition) is 3. The lowest BCUT2D eigenvalue weighted by molar-refractivity contribution is -0.141. The quantitative estimate of drug-likeness (QED) is 0.789. The number of nitrogens with zero attached hydrogens (tertiary/aromatic N) is 1.